The number of aromatic hydroxyl groups is 1. The second-order valence-corrected chi connectivity index (χ2v) is 16.4. The predicted molar refractivity (Wildman–Crippen MR) is 229 cm³/mol. The number of carbonyl (C=O) groups excluding carboxylic acids is 1. The number of para-hydroxylation sites is 1. The van der Waals surface area contributed by atoms with Gasteiger partial charge in [0.2, 0.25) is 0 Å². The first kappa shape index (κ1) is 35.7. The number of nitrogens with one attached hydrogen (secondary N) is 1. The van der Waals surface area contributed by atoms with Gasteiger partial charge in [-0.05, 0) is 85.7 Å². The first-order valence-corrected chi connectivity index (χ1v) is 20.7. The molecule has 0 radical (unpaired) electrons. The highest BCUT2D eigenvalue weighted by molar-refractivity contribution is 5.88. The maximum atomic E-state index is 16.4. The number of anilines is 3. The lowest BCUT2D eigenvalue weighted by Gasteiger charge is -2.40. The number of carbonyl (C=O) groups is 1. The molecule has 9 rings (SSSR count). The average molecular weight is 786 g/mol. The summed E-state index contributed by atoms with van der Waals surface area (Å²) in [5.74, 6) is 0.499. The van der Waals surface area contributed by atoms with Crippen LogP contribution in [0.4, 0.5) is 21.6 Å². The summed E-state index contributed by atoms with van der Waals surface area (Å²) in [7, 11) is 0. The summed E-state index contributed by atoms with van der Waals surface area (Å²) in [5, 5.41) is 22.9. The number of hydrogen-bond donors (Lipinski definition) is 3. The van der Waals surface area contributed by atoms with Gasteiger partial charge in [-0.3, -0.25) is 15.0 Å². The van der Waals surface area contributed by atoms with Gasteiger partial charge < -0.3 is 30.1 Å². The Bertz CT molecular complexity index is 2380. The fourth-order valence-corrected chi connectivity index (χ4v) is 9.39. The molecule has 3 fully saturated rings. The van der Waals surface area contributed by atoms with Gasteiger partial charge in [-0.1, -0.05) is 42.5 Å². The molecule has 2 aromatic heterocycles. The van der Waals surface area contributed by atoms with Crippen LogP contribution in [0.5, 0.6) is 5.75 Å². The van der Waals surface area contributed by atoms with Crippen molar-refractivity contribution in [3.8, 4) is 17.0 Å². The number of fused-ring (bicyclic) bond motifs is 1. The minimum Gasteiger partial charge on any atom is -0.507 e. The number of nitrogens with two attached hydrogens (primary N) is 1. The van der Waals surface area contributed by atoms with Crippen molar-refractivity contribution in [1.29, 1.82) is 0 Å². The van der Waals surface area contributed by atoms with Crippen molar-refractivity contribution in [2.45, 2.75) is 69.6 Å². The van der Waals surface area contributed by atoms with Gasteiger partial charge in [0.25, 0.3) is 5.91 Å². The van der Waals surface area contributed by atoms with Crippen LogP contribution in [0, 0.1) is 6.92 Å². The normalized spacial score (nSPS) is 23.6. The third kappa shape index (κ3) is 7.63. The lowest BCUT2D eigenvalue weighted by atomic mass is 9.89. The van der Waals surface area contributed by atoms with E-state index in [-0.39, 0.29) is 30.5 Å². The van der Waals surface area contributed by atoms with Crippen molar-refractivity contribution in [3.63, 3.8) is 0 Å². The van der Waals surface area contributed by atoms with Crippen molar-refractivity contribution in [3.05, 3.63) is 108 Å². The van der Waals surface area contributed by atoms with E-state index in [9.17, 15) is 9.90 Å². The highest BCUT2D eigenvalue weighted by atomic mass is 19.1. The summed E-state index contributed by atoms with van der Waals surface area (Å²) in [6.45, 7) is 5.30. The van der Waals surface area contributed by atoms with E-state index in [2.05, 4.69) is 79.4 Å². The third-order valence-electron chi connectivity index (χ3n) is 12.7. The number of alkyl halides is 1. The van der Waals surface area contributed by atoms with Crippen LogP contribution < -0.4 is 20.9 Å². The molecule has 6 heterocycles. The number of likely N-dealkylation sites (tertiary alicyclic amines) is 2. The molecule has 58 heavy (non-hydrogen) atoms. The molecule has 3 atom stereocenters. The summed E-state index contributed by atoms with van der Waals surface area (Å²) < 4.78 is 35.0. The molecule has 4 aliphatic rings. The van der Waals surface area contributed by atoms with E-state index in [4.69, 9.17) is 8.48 Å². The zero-order valence-electron chi connectivity index (χ0n) is 35.1. The standard InChI is InChI=1S/C46H54FN9O2/c1-32-28-56(41-14-13-37(26-39(32)41)55-21-5-19-49-31-55)36-15-22-53(23-16-36)45(58)46(47)17-24-52(25-18-46)29-33-9-11-34(12-10-33)35-6-4-20-54(30-35)42-27-40(50-51-44(42)48)38-7-2-3-8-43(38)57/h2-3,5,7-14,21,26-28,35-36,49,57H,4,6,15-20,22-25,29-31H2,1H3,(H2,48,51)/i19D,31D. The molecule has 3 saturated heterocycles. The average Bonchev–Trinajstić information content (AvgIpc) is 3.60. The molecule has 0 aliphatic carbocycles. The molecule has 11 nitrogen and oxygen atoms in total. The monoisotopic (exact) mass is 785 g/mol. The molecule has 302 valence electrons. The van der Waals surface area contributed by atoms with Crippen LogP contribution in [-0.2, 0) is 11.3 Å². The SMILES string of the molecule is [2H]C1C=CN(c2ccc3c(c2)c(C)cn3C2CCN(C(=O)C3(F)CCN(Cc4ccc(C5CCCN(c6cc(-c7ccccc7O)nnc6N)C5)cc4)CC3)CC2)C([2H])N1. The van der Waals surface area contributed by atoms with Crippen LogP contribution in [0.3, 0.4) is 0 Å². The van der Waals surface area contributed by atoms with Crippen molar-refractivity contribution in [2.75, 3.05) is 68.0 Å². The minimum absolute atomic E-state index is 0.154. The highest BCUT2D eigenvalue weighted by Gasteiger charge is 2.45. The Balaban J connectivity index is 0.768. The molecule has 3 unspecified atom stereocenters. The van der Waals surface area contributed by atoms with Crippen LogP contribution in [0.15, 0.2) is 91.3 Å². The van der Waals surface area contributed by atoms with Gasteiger partial charge in [0.15, 0.2) is 11.5 Å². The Morgan fingerprint density at radius 2 is 1.79 bits per heavy atom. The summed E-state index contributed by atoms with van der Waals surface area (Å²) >= 11 is 0. The summed E-state index contributed by atoms with van der Waals surface area (Å²) in [4.78, 5) is 21.8. The predicted octanol–water partition coefficient (Wildman–Crippen LogP) is 7.13. The number of aromatic nitrogens is 3. The quantitative estimate of drug-likeness (QED) is 0.151. The van der Waals surface area contributed by atoms with Gasteiger partial charge in [0, 0.05) is 113 Å². The van der Waals surface area contributed by atoms with E-state index < -0.39 is 18.8 Å². The lowest BCUT2D eigenvalue weighted by molar-refractivity contribution is -0.148. The number of phenols is 1. The van der Waals surface area contributed by atoms with Crippen molar-refractivity contribution >= 4 is 34.0 Å². The smallest absolute Gasteiger partial charge is 0.260 e. The van der Waals surface area contributed by atoms with Crippen LogP contribution in [0.1, 0.15) is 69.9 Å². The number of phenolic OH excluding ortho intramolecular Hbond substituents is 1. The zero-order valence-corrected chi connectivity index (χ0v) is 33.1. The van der Waals surface area contributed by atoms with Gasteiger partial charge in [0.1, 0.15) is 5.75 Å². The third-order valence-corrected chi connectivity index (χ3v) is 12.7. The van der Waals surface area contributed by atoms with Crippen molar-refractivity contribution in [1.82, 2.24) is 29.9 Å². The number of halogens is 1. The molecular weight excluding hydrogens is 730 g/mol. The van der Waals surface area contributed by atoms with E-state index in [1.165, 1.54) is 11.1 Å². The molecule has 1 amide bonds. The van der Waals surface area contributed by atoms with Gasteiger partial charge in [-0.2, -0.15) is 0 Å². The van der Waals surface area contributed by atoms with Gasteiger partial charge >= 0.3 is 0 Å². The Hall–Kier alpha value is -5.46. The van der Waals surface area contributed by atoms with Crippen LogP contribution in [0.25, 0.3) is 22.2 Å². The molecule has 12 heteroatoms. The number of nitrogens with zero attached hydrogens (tertiary/aromatic N) is 7. The second kappa shape index (κ2) is 16.1. The number of piperidine rings is 3. The topological polar surface area (TPSA) is 119 Å². The van der Waals surface area contributed by atoms with E-state index >= 15 is 4.39 Å². The molecule has 5 aromatic rings. The number of aryl methyl sites for hydroxylation is 1. The van der Waals surface area contributed by atoms with E-state index in [0.29, 0.717) is 55.7 Å². The second-order valence-electron chi connectivity index (χ2n) is 16.4. The molecule has 0 spiro atoms. The largest absolute Gasteiger partial charge is 0.507 e. The fraction of sp³-hybridized carbons (Fsp3) is 0.413. The van der Waals surface area contributed by atoms with E-state index in [1.54, 1.807) is 29.3 Å². The molecule has 0 saturated carbocycles. The van der Waals surface area contributed by atoms with Crippen LogP contribution in [-0.4, -0.2) is 93.7 Å². The van der Waals surface area contributed by atoms with E-state index in [0.717, 1.165) is 66.6 Å². The summed E-state index contributed by atoms with van der Waals surface area (Å²) in [5.41, 5.74) is 12.1. The van der Waals surface area contributed by atoms with Crippen LogP contribution >= 0.6 is 0 Å². The zero-order chi connectivity index (χ0) is 41.5. The molecule has 4 aliphatic heterocycles. The van der Waals surface area contributed by atoms with Crippen molar-refractivity contribution < 1.29 is 17.0 Å². The lowest BCUT2D eigenvalue weighted by Crippen LogP contribution is -2.53. The molecule has 4 N–H and O–H groups in total. The number of benzene rings is 3. The molecule has 0 bridgehead atoms. The Kier molecular flexibility index (Phi) is 9.88. The van der Waals surface area contributed by atoms with Crippen molar-refractivity contribution in [2.24, 2.45) is 0 Å². The molecule has 3 aromatic carbocycles. The maximum absolute atomic E-state index is 16.4. The fourth-order valence-electron chi connectivity index (χ4n) is 9.39. The first-order valence-electron chi connectivity index (χ1n) is 21.8. The van der Waals surface area contributed by atoms with Gasteiger partial charge in [0.05, 0.1) is 19.4 Å². The van der Waals surface area contributed by atoms with Crippen LogP contribution in [0.2, 0.25) is 0 Å². The maximum Gasteiger partial charge on any atom is 0.260 e. The number of rotatable bonds is 8. The number of nitrogen functional groups attached to an aromatic ring is 1. The summed E-state index contributed by atoms with van der Waals surface area (Å²) in [6, 6.07) is 24.2. The minimum atomic E-state index is -1.84. The number of hydrogen-bond acceptors (Lipinski definition) is 9. The Labute approximate surface area is 342 Å². The Morgan fingerprint density at radius 1 is 1.00 bits per heavy atom. The Morgan fingerprint density at radius 3 is 2.57 bits per heavy atom. The van der Waals surface area contributed by atoms with Gasteiger partial charge in [-0.25, -0.2) is 4.39 Å². The van der Waals surface area contributed by atoms with E-state index in [1.807, 2.05) is 29.2 Å². The van der Waals surface area contributed by atoms with Gasteiger partial charge in [-0.15, -0.1) is 10.2 Å². The summed E-state index contributed by atoms with van der Waals surface area (Å²) in [6.07, 6.45) is 9.73. The number of amides is 1. The highest BCUT2D eigenvalue weighted by Crippen LogP contribution is 2.38. The first-order chi connectivity index (χ1) is 29.0. The molecular formula is C46H54FN9O2.